The van der Waals surface area contributed by atoms with Gasteiger partial charge in [0.15, 0.2) is 6.61 Å². The number of carbonyl (C=O) groups excluding carboxylic acids is 2. The maximum atomic E-state index is 12.5. The number of nitrogens with one attached hydrogen (secondary N) is 2. The maximum Gasteiger partial charge on any atom is 0.262 e. The normalized spacial score (nSPS) is 10.2. The van der Waals surface area contributed by atoms with Crippen LogP contribution in [0, 0.1) is 13.8 Å². The predicted octanol–water partition coefficient (Wildman–Crippen LogP) is 4.58. The van der Waals surface area contributed by atoms with Crippen LogP contribution in [0.15, 0.2) is 66.7 Å². The maximum absolute atomic E-state index is 12.5. The first kappa shape index (κ1) is 20.9. The van der Waals surface area contributed by atoms with Crippen molar-refractivity contribution in [2.24, 2.45) is 0 Å². The van der Waals surface area contributed by atoms with Gasteiger partial charge in [-0.15, -0.1) is 0 Å². The minimum Gasteiger partial charge on any atom is -0.495 e. The van der Waals surface area contributed by atoms with Crippen molar-refractivity contribution >= 4 is 23.2 Å². The molecule has 0 bridgehead atoms. The highest BCUT2D eigenvalue weighted by Gasteiger charge is 2.10. The van der Waals surface area contributed by atoms with Crippen LogP contribution in [0.2, 0.25) is 0 Å². The van der Waals surface area contributed by atoms with Gasteiger partial charge in [-0.3, -0.25) is 9.59 Å². The molecule has 0 unspecified atom stereocenters. The highest BCUT2D eigenvalue weighted by atomic mass is 16.5. The molecule has 2 N–H and O–H groups in total. The van der Waals surface area contributed by atoms with E-state index in [-0.39, 0.29) is 18.4 Å². The van der Waals surface area contributed by atoms with Gasteiger partial charge in [-0.25, -0.2) is 0 Å². The lowest BCUT2D eigenvalue weighted by molar-refractivity contribution is -0.118. The van der Waals surface area contributed by atoms with Crippen molar-refractivity contribution in [3.63, 3.8) is 0 Å². The monoisotopic (exact) mass is 404 g/mol. The van der Waals surface area contributed by atoms with Gasteiger partial charge in [-0.05, 0) is 61.9 Å². The topological polar surface area (TPSA) is 76.7 Å². The van der Waals surface area contributed by atoms with E-state index in [4.69, 9.17) is 9.47 Å². The zero-order valence-corrected chi connectivity index (χ0v) is 17.2. The minimum atomic E-state index is -0.277. The van der Waals surface area contributed by atoms with Crippen molar-refractivity contribution in [3.8, 4) is 11.5 Å². The minimum absolute atomic E-state index is 0.0973. The highest BCUT2D eigenvalue weighted by molar-refractivity contribution is 6.05. The first-order valence-electron chi connectivity index (χ1n) is 9.50. The summed E-state index contributed by atoms with van der Waals surface area (Å²) in [6.45, 7) is 3.85. The Balaban J connectivity index is 1.56. The molecule has 0 fully saturated rings. The zero-order valence-electron chi connectivity index (χ0n) is 17.2. The van der Waals surface area contributed by atoms with Crippen LogP contribution in [0.1, 0.15) is 21.5 Å². The second kappa shape index (κ2) is 9.60. The smallest absolute Gasteiger partial charge is 0.262 e. The fourth-order valence-electron chi connectivity index (χ4n) is 2.95. The fraction of sp³-hybridized carbons (Fsp3) is 0.167. The third kappa shape index (κ3) is 5.38. The SMILES string of the molecule is COc1ccccc1NC(=O)c1ccc(NC(=O)COc2ccc(C)cc2C)cc1. The Kier molecular flexibility index (Phi) is 6.70. The van der Waals surface area contributed by atoms with Gasteiger partial charge in [0.25, 0.3) is 11.8 Å². The molecule has 6 heteroatoms. The number of hydrogen-bond donors (Lipinski definition) is 2. The number of amides is 2. The Morgan fingerprint density at radius 3 is 2.30 bits per heavy atom. The predicted molar refractivity (Wildman–Crippen MR) is 117 cm³/mol. The van der Waals surface area contributed by atoms with E-state index < -0.39 is 0 Å². The standard InChI is InChI=1S/C24H24N2O4/c1-16-8-13-21(17(2)14-16)30-15-23(27)25-19-11-9-18(10-12-19)24(28)26-20-6-4-5-7-22(20)29-3/h4-14H,15H2,1-3H3,(H,25,27)(H,26,28). The molecule has 0 saturated heterocycles. The summed E-state index contributed by atoms with van der Waals surface area (Å²) in [5, 5.41) is 5.58. The first-order chi connectivity index (χ1) is 14.5. The van der Waals surface area contributed by atoms with Crippen molar-refractivity contribution in [3.05, 3.63) is 83.4 Å². The summed E-state index contributed by atoms with van der Waals surface area (Å²) in [5.74, 6) is 0.717. The molecule has 0 heterocycles. The molecule has 0 aliphatic rings. The number of aryl methyl sites for hydroxylation is 2. The number of methoxy groups -OCH3 is 1. The van der Waals surface area contributed by atoms with Crippen LogP contribution in [-0.2, 0) is 4.79 Å². The van der Waals surface area contributed by atoms with Crippen LogP contribution in [0.3, 0.4) is 0 Å². The van der Waals surface area contributed by atoms with Gasteiger partial charge >= 0.3 is 0 Å². The van der Waals surface area contributed by atoms with Crippen molar-refractivity contribution in [2.75, 3.05) is 24.4 Å². The van der Waals surface area contributed by atoms with Crippen LogP contribution in [0.4, 0.5) is 11.4 Å². The highest BCUT2D eigenvalue weighted by Crippen LogP contribution is 2.24. The number of carbonyl (C=O) groups is 2. The largest absolute Gasteiger partial charge is 0.495 e. The molecule has 2 amide bonds. The molecule has 6 nitrogen and oxygen atoms in total. The second-order valence-corrected chi connectivity index (χ2v) is 6.84. The molecule has 3 rings (SSSR count). The number of rotatable bonds is 7. The van der Waals surface area contributed by atoms with Crippen molar-refractivity contribution in [2.45, 2.75) is 13.8 Å². The Labute approximate surface area is 175 Å². The number of hydrogen-bond acceptors (Lipinski definition) is 4. The van der Waals surface area contributed by atoms with Gasteiger partial charge in [0, 0.05) is 11.3 Å². The van der Waals surface area contributed by atoms with E-state index in [0.29, 0.717) is 28.4 Å². The van der Waals surface area contributed by atoms with Crippen LogP contribution in [0.5, 0.6) is 11.5 Å². The summed E-state index contributed by atoms with van der Waals surface area (Å²) in [6, 6.07) is 19.6. The lowest BCUT2D eigenvalue weighted by Crippen LogP contribution is -2.20. The van der Waals surface area contributed by atoms with E-state index in [9.17, 15) is 9.59 Å². The van der Waals surface area contributed by atoms with E-state index in [1.807, 2.05) is 44.2 Å². The molecule has 0 spiro atoms. The van der Waals surface area contributed by atoms with E-state index >= 15 is 0 Å². The number of anilines is 2. The molecule has 30 heavy (non-hydrogen) atoms. The van der Waals surface area contributed by atoms with E-state index in [0.717, 1.165) is 11.1 Å². The molecule has 0 aliphatic carbocycles. The summed E-state index contributed by atoms with van der Waals surface area (Å²) in [5.41, 5.74) is 3.75. The van der Waals surface area contributed by atoms with Crippen LogP contribution < -0.4 is 20.1 Å². The fourth-order valence-corrected chi connectivity index (χ4v) is 2.95. The Morgan fingerprint density at radius 2 is 1.60 bits per heavy atom. The van der Waals surface area contributed by atoms with Crippen LogP contribution in [0.25, 0.3) is 0 Å². The van der Waals surface area contributed by atoms with Crippen LogP contribution >= 0.6 is 0 Å². The molecule has 0 saturated carbocycles. The van der Waals surface area contributed by atoms with Gasteiger partial charge in [-0.2, -0.15) is 0 Å². The Hall–Kier alpha value is -3.80. The van der Waals surface area contributed by atoms with Gasteiger partial charge < -0.3 is 20.1 Å². The van der Waals surface area contributed by atoms with Gasteiger partial charge in [0.2, 0.25) is 0 Å². The molecule has 154 valence electrons. The molecule has 0 atom stereocenters. The number of ether oxygens (including phenoxy) is 2. The lowest BCUT2D eigenvalue weighted by Gasteiger charge is -2.11. The van der Waals surface area contributed by atoms with Crippen molar-refractivity contribution in [1.82, 2.24) is 0 Å². The average molecular weight is 404 g/mol. The summed E-state index contributed by atoms with van der Waals surface area (Å²) in [7, 11) is 1.55. The molecular formula is C24H24N2O4. The Morgan fingerprint density at radius 1 is 0.867 bits per heavy atom. The number of benzene rings is 3. The van der Waals surface area contributed by atoms with E-state index in [1.165, 1.54) is 0 Å². The molecule has 0 radical (unpaired) electrons. The number of para-hydroxylation sites is 2. The van der Waals surface area contributed by atoms with E-state index in [2.05, 4.69) is 10.6 Å². The van der Waals surface area contributed by atoms with Gasteiger partial charge in [-0.1, -0.05) is 29.8 Å². The van der Waals surface area contributed by atoms with Gasteiger partial charge in [0.05, 0.1) is 12.8 Å². The molecule has 3 aromatic carbocycles. The summed E-state index contributed by atoms with van der Waals surface area (Å²) < 4.78 is 10.8. The Bertz CT molecular complexity index is 1050. The molecule has 3 aromatic rings. The molecular weight excluding hydrogens is 380 g/mol. The first-order valence-corrected chi connectivity index (χ1v) is 9.50. The molecule has 0 aliphatic heterocycles. The summed E-state index contributed by atoms with van der Waals surface area (Å²) in [4.78, 5) is 24.6. The zero-order chi connectivity index (χ0) is 21.5. The average Bonchev–Trinajstić information content (AvgIpc) is 2.74. The second-order valence-electron chi connectivity index (χ2n) is 6.84. The third-order valence-corrected chi connectivity index (χ3v) is 4.48. The quantitative estimate of drug-likeness (QED) is 0.604. The van der Waals surface area contributed by atoms with E-state index in [1.54, 1.807) is 43.5 Å². The summed E-state index contributed by atoms with van der Waals surface area (Å²) in [6.07, 6.45) is 0. The van der Waals surface area contributed by atoms with Crippen molar-refractivity contribution in [1.29, 1.82) is 0 Å². The third-order valence-electron chi connectivity index (χ3n) is 4.48. The summed E-state index contributed by atoms with van der Waals surface area (Å²) >= 11 is 0. The lowest BCUT2D eigenvalue weighted by atomic mass is 10.1. The van der Waals surface area contributed by atoms with Crippen molar-refractivity contribution < 1.29 is 19.1 Å². The molecule has 0 aromatic heterocycles. The van der Waals surface area contributed by atoms with Gasteiger partial charge in [0.1, 0.15) is 11.5 Å². The van der Waals surface area contributed by atoms with Crippen LogP contribution in [-0.4, -0.2) is 25.5 Å².